The Bertz CT molecular complexity index is 409. The summed E-state index contributed by atoms with van der Waals surface area (Å²) in [4.78, 5) is 0. The Morgan fingerprint density at radius 3 is 2.29 bits per heavy atom. The van der Waals surface area contributed by atoms with Gasteiger partial charge in [0.1, 0.15) is 5.72 Å². The molecule has 3 rings (SSSR count). The van der Waals surface area contributed by atoms with Gasteiger partial charge in [-0.2, -0.15) is 0 Å². The van der Waals surface area contributed by atoms with Gasteiger partial charge in [-0.05, 0) is 33.1 Å². The molecule has 2 bridgehead atoms. The van der Waals surface area contributed by atoms with Crippen molar-refractivity contribution in [3.05, 3.63) is 0 Å². The Kier molecular flexibility index (Phi) is 2.42. The van der Waals surface area contributed by atoms with E-state index in [2.05, 4.69) is 19.2 Å². The molecule has 3 aliphatic rings. The first-order chi connectivity index (χ1) is 7.83. The molecule has 98 valence electrons. The van der Waals surface area contributed by atoms with E-state index in [1.165, 1.54) is 0 Å². The van der Waals surface area contributed by atoms with E-state index in [1.54, 1.807) is 0 Å². The summed E-state index contributed by atoms with van der Waals surface area (Å²) >= 11 is 0. The standard InChI is InChI=1S/C12H21NO3S/c1-11(2)5-6-13-12(16-11)7-9-3-4-10(8-12)17(9,14)15/h9-10,13H,3-8H2,1-2H3. The maximum Gasteiger partial charge on any atom is 0.156 e. The molecule has 17 heavy (non-hydrogen) atoms. The van der Waals surface area contributed by atoms with E-state index in [0.717, 1.165) is 25.8 Å². The topological polar surface area (TPSA) is 55.4 Å². The summed E-state index contributed by atoms with van der Waals surface area (Å²) in [6.45, 7) is 5.12. The predicted molar refractivity (Wildman–Crippen MR) is 65.5 cm³/mol. The Morgan fingerprint density at radius 2 is 1.76 bits per heavy atom. The van der Waals surface area contributed by atoms with Crippen molar-refractivity contribution in [3.8, 4) is 0 Å². The van der Waals surface area contributed by atoms with Crippen LogP contribution in [0.25, 0.3) is 0 Å². The van der Waals surface area contributed by atoms with Gasteiger partial charge in [-0.3, -0.25) is 5.32 Å². The quantitative estimate of drug-likeness (QED) is 0.710. The molecule has 0 aromatic heterocycles. The van der Waals surface area contributed by atoms with Crippen molar-refractivity contribution in [1.82, 2.24) is 5.32 Å². The first kappa shape index (κ1) is 11.9. The van der Waals surface area contributed by atoms with Crippen LogP contribution >= 0.6 is 0 Å². The molecule has 2 unspecified atom stereocenters. The van der Waals surface area contributed by atoms with Gasteiger partial charge < -0.3 is 4.74 Å². The monoisotopic (exact) mass is 259 g/mol. The molecule has 0 aliphatic carbocycles. The van der Waals surface area contributed by atoms with Crippen LogP contribution in [-0.2, 0) is 14.6 Å². The zero-order valence-electron chi connectivity index (χ0n) is 10.5. The van der Waals surface area contributed by atoms with Crippen molar-refractivity contribution in [2.24, 2.45) is 0 Å². The molecule has 0 amide bonds. The van der Waals surface area contributed by atoms with Gasteiger partial charge in [-0.15, -0.1) is 0 Å². The van der Waals surface area contributed by atoms with Gasteiger partial charge in [0.2, 0.25) is 0 Å². The van der Waals surface area contributed by atoms with Crippen LogP contribution in [0.4, 0.5) is 0 Å². The van der Waals surface area contributed by atoms with Gasteiger partial charge in [0, 0.05) is 19.4 Å². The molecule has 0 aromatic carbocycles. The molecule has 5 heteroatoms. The van der Waals surface area contributed by atoms with Crippen LogP contribution in [0.5, 0.6) is 0 Å². The average molecular weight is 259 g/mol. The molecule has 4 nitrogen and oxygen atoms in total. The van der Waals surface area contributed by atoms with Gasteiger partial charge in [-0.1, -0.05) is 0 Å². The third kappa shape index (κ3) is 1.83. The minimum absolute atomic E-state index is 0.133. The Morgan fingerprint density at radius 1 is 1.18 bits per heavy atom. The smallest absolute Gasteiger partial charge is 0.156 e. The highest BCUT2D eigenvalue weighted by Gasteiger charge is 2.55. The normalized spacial score (nSPS) is 47.2. The van der Waals surface area contributed by atoms with Crippen LogP contribution < -0.4 is 5.32 Å². The van der Waals surface area contributed by atoms with Crippen molar-refractivity contribution < 1.29 is 13.2 Å². The zero-order valence-corrected chi connectivity index (χ0v) is 11.3. The Hall–Kier alpha value is -0.130. The number of hydrogen-bond donors (Lipinski definition) is 1. The minimum atomic E-state index is -2.86. The van der Waals surface area contributed by atoms with Gasteiger partial charge in [0.25, 0.3) is 0 Å². The molecule has 1 spiro atoms. The summed E-state index contributed by atoms with van der Waals surface area (Å²) in [6.07, 6.45) is 3.89. The van der Waals surface area contributed by atoms with Crippen LogP contribution in [0, 0.1) is 0 Å². The minimum Gasteiger partial charge on any atom is -0.355 e. The summed E-state index contributed by atoms with van der Waals surface area (Å²) in [5.41, 5.74) is -0.509. The van der Waals surface area contributed by atoms with Gasteiger partial charge in [0.15, 0.2) is 9.84 Å². The average Bonchev–Trinajstić information content (AvgIpc) is 2.39. The van der Waals surface area contributed by atoms with E-state index in [9.17, 15) is 8.42 Å². The molecular weight excluding hydrogens is 238 g/mol. The van der Waals surface area contributed by atoms with Crippen LogP contribution in [0.15, 0.2) is 0 Å². The second-order valence-corrected chi connectivity index (χ2v) is 8.86. The van der Waals surface area contributed by atoms with Crippen LogP contribution in [0.1, 0.15) is 46.0 Å². The number of fused-ring (bicyclic) bond motifs is 2. The lowest BCUT2D eigenvalue weighted by Crippen LogP contribution is -2.62. The summed E-state index contributed by atoms with van der Waals surface area (Å²) in [7, 11) is -2.86. The number of sulfone groups is 1. The molecule has 3 fully saturated rings. The second kappa shape index (κ2) is 3.45. The highest BCUT2D eigenvalue weighted by molar-refractivity contribution is 7.93. The third-order valence-corrected chi connectivity index (χ3v) is 7.16. The summed E-state index contributed by atoms with van der Waals surface area (Å²) < 4.78 is 30.4. The molecule has 1 N–H and O–H groups in total. The molecule has 3 aliphatic heterocycles. The van der Waals surface area contributed by atoms with E-state index in [1.807, 2.05) is 0 Å². The van der Waals surface area contributed by atoms with Gasteiger partial charge in [0.05, 0.1) is 16.1 Å². The van der Waals surface area contributed by atoms with Gasteiger partial charge >= 0.3 is 0 Å². The summed E-state index contributed by atoms with van der Waals surface area (Å²) in [5.74, 6) is 0. The van der Waals surface area contributed by atoms with E-state index >= 15 is 0 Å². The maximum atomic E-state index is 12.1. The van der Waals surface area contributed by atoms with Crippen molar-refractivity contribution in [3.63, 3.8) is 0 Å². The van der Waals surface area contributed by atoms with Crippen molar-refractivity contribution >= 4 is 9.84 Å². The van der Waals surface area contributed by atoms with Crippen molar-refractivity contribution in [1.29, 1.82) is 0 Å². The SMILES string of the molecule is CC1(C)CCNC2(CC3CCC(C2)S3(=O)=O)O1. The number of rotatable bonds is 0. The van der Waals surface area contributed by atoms with Gasteiger partial charge in [-0.25, -0.2) is 8.42 Å². The molecule has 0 saturated carbocycles. The first-order valence-corrected chi connectivity index (χ1v) is 8.12. The van der Waals surface area contributed by atoms with E-state index < -0.39 is 9.84 Å². The summed E-state index contributed by atoms with van der Waals surface area (Å²) in [6, 6.07) is 0. The lowest BCUT2D eigenvalue weighted by molar-refractivity contribution is -0.192. The fourth-order valence-electron chi connectivity index (χ4n) is 3.66. The van der Waals surface area contributed by atoms with Crippen LogP contribution in [0.3, 0.4) is 0 Å². The number of hydrogen-bond acceptors (Lipinski definition) is 4. The Balaban J connectivity index is 1.88. The molecule has 3 heterocycles. The lowest BCUT2D eigenvalue weighted by atomic mass is 9.95. The molecule has 2 atom stereocenters. The zero-order chi connectivity index (χ0) is 12.3. The number of ether oxygens (including phenoxy) is 1. The summed E-state index contributed by atoms with van der Waals surface area (Å²) in [5, 5.41) is 3.09. The Labute approximate surface area is 103 Å². The molecular formula is C12H21NO3S. The van der Waals surface area contributed by atoms with Crippen LogP contribution in [0.2, 0.25) is 0 Å². The lowest BCUT2D eigenvalue weighted by Gasteiger charge is -2.49. The molecule has 3 saturated heterocycles. The largest absolute Gasteiger partial charge is 0.355 e. The molecule has 0 radical (unpaired) electrons. The second-order valence-electron chi connectivity index (χ2n) is 6.35. The predicted octanol–water partition coefficient (Wildman–Crippen LogP) is 1.21. The highest BCUT2D eigenvalue weighted by Crippen LogP contribution is 2.46. The van der Waals surface area contributed by atoms with Crippen molar-refractivity contribution in [2.45, 2.75) is 67.8 Å². The van der Waals surface area contributed by atoms with Crippen molar-refractivity contribution in [2.75, 3.05) is 6.54 Å². The first-order valence-electron chi connectivity index (χ1n) is 6.51. The van der Waals surface area contributed by atoms with E-state index in [0.29, 0.717) is 12.8 Å². The van der Waals surface area contributed by atoms with E-state index in [-0.39, 0.29) is 21.8 Å². The maximum absolute atomic E-state index is 12.1. The van der Waals surface area contributed by atoms with Crippen LogP contribution in [-0.4, -0.2) is 36.8 Å². The fourth-order valence-corrected chi connectivity index (χ4v) is 6.14. The fraction of sp³-hybridized carbons (Fsp3) is 1.00. The molecule has 0 aromatic rings. The highest BCUT2D eigenvalue weighted by atomic mass is 32.2. The third-order valence-electron chi connectivity index (χ3n) is 4.50. The van der Waals surface area contributed by atoms with E-state index in [4.69, 9.17) is 4.74 Å². The number of nitrogens with one attached hydrogen (secondary N) is 1.